The Labute approximate surface area is 252 Å². The molecule has 43 heavy (non-hydrogen) atoms. The summed E-state index contributed by atoms with van der Waals surface area (Å²) in [6, 6.07) is 53.1. The predicted molar refractivity (Wildman–Crippen MR) is 184 cm³/mol. The first-order chi connectivity index (χ1) is 21.2. The van der Waals surface area contributed by atoms with Crippen LogP contribution in [0.3, 0.4) is 0 Å². The average Bonchev–Trinajstić information content (AvgIpc) is 3.39. The fourth-order valence-corrected chi connectivity index (χ4v) is 6.81. The average molecular weight is 553 g/mol. The zero-order valence-electron chi connectivity index (χ0n) is 24.5. The van der Waals surface area contributed by atoms with Gasteiger partial charge in [0.05, 0.1) is 11.0 Å². The van der Waals surface area contributed by atoms with Crippen molar-refractivity contribution in [2.45, 2.75) is 20.4 Å². The monoisotopic (exact) mass is 552 g/mol. The summed E-state index contributed by atoms with van der Waals surface area (Å²) < 4.78 is 2.38. The standard InChI is InChI=1S/C41H32N2/c1-28-20-22-30(23-21-28)42(27-39-35-16-8-6-14-33(35)29(2)34-15-7-9-17-36(34)39)32-24-25-41-38(26-32)37-18-10-11-19-40(37)43(41)31-12-4-3-5-13-31/h3-26H,27H2,1-2H3. The maximum absolute atomic E-state index is 2.48. The number of hydrogen-bond donors (Lipinski definition) is 0. The molecule has 0 bridgehead atoms. The maximum Gasteiger partial charge on any atom is 0.0542 e. The number of nitrogens with zero attached hydrogens (tertiary/aromatic N) is 2. The van der Waals surface area contributed by atoms with Gasteiger partial charge < -0.3 is 9.47 Å². The fourth-order valence-electron chi connectivity index (χ4n) is 6.81. The van der Waals surface area contributed by atoms with Crippen molar-refractivity contribution in [3.05, 3.63) is 162 Å². The van der Waals surface area contributed by atoms with E-state index in [1.807, 2.05) is 0 Å². The molecule has 2 heteroatoms. The van der Waals surface area contributed by atoms with Gasteiger partial charge in [0, 0.05) is 34.4 Å². The van der Waals surface area contributed by atoms with Crippen molar-refractivity contribution in [1.29, 1.82) is 0 Å². The summed E-state index contributed by atoms with van der Waals surface area (Å²) in [6.07, 6.45) is 0. The van der Waals surface area contributed by atoms with Crippen molar-refractivity contribution < 1.29 is 0 Å². The third-order valence-electron chi connectivity index (χ3n) is 8.96. The Morgan fingerprint density at radius 3 is 1.67 bits per heavy atom. The molecule has 0 aliphatic heterocycles. The quantitative estimate of drug-likeness (QED) is 0.193. The van der Waals surface area contributed by atoms with E-state index >= 15 is 0 Å². The molecular formula is C41H32N2. The van der Waals surface area contributed by atoms with E-state index in [-0.39, 0.29) is 0 Å². The summed E-state index contributed by atoms with van der Waals surface area (Å²) in [6.45, 7) is 5.16. The van der Waals surface area contributed by atoms with E-state index < -0.39 is 0 Å². The summed E-state index contributed by atoms with van der Waals surface area (Å²) in [7, 11) is 0. The third-order valence-corrected chi connectivity index (χ3v) is 8.96. The van der Waals surface area contributed by atoms with Gasteiger partial charge in [-0.25, -0.2) is 0 Å². The number of aryl methyl sites for hydroxylation is 2. The minimum absolute atomic E-state index is 0.757. The number of hydrogen-bond acceptors (Lipinski definition) is 1. The van der Waals surface area contributed by atoms with Gasteiger partial charge in [0.2, 0.25) is 0 Å². The third kappa shape index (κ3) is 4.18. The van der Waals surface area contributed by atoms with Crippen molar-refractivity contribution >= 4 is 54.7 Å². The Kier molecular flexibility index (Phi) is 6.01. The van der Waals surface area contributed by atoms with Crippen molar-refractivity contribution in [2.75, 3.05) is 4.90 Å². The fraction of sp³-hybridized carbons (Fsp3) is 0.0732. The van der Waals surface area contributed by atoms with E-state index in [0.29, 0.717) is 0 Å². The summed E-state index contributed by atoms with van der Waals surface area (Å²) >= 11 is 0. The molecule has 0 N–H and O–H groups in total. The second-order valence-corrected chi connectivity index (χ2v) is 11.5. The summed E-state index contributed by atoms with van der Waals surface area (Å²) in [5, 5.41) is 7.80. The molecule has 1 aromatic heterocycles. The zero-order valence-corrected chi connectivity index (χ0v) is 24.5. The number of fused-ring (bicyclic) bond motifs is 5. The highest BCUT2D eigenvalue weighted by molar-refractivity contribution is 6.11. The number of rotatable bonds is 5. The molecule has 0 aliphatic rings. The Morgan fingerprint density at radius 2 is 1.00 bits per heavy atom. The van der Waals surface area contributed by atoms with E-state index in [1.165, 1.54) is 77.1 Å². The van der Waals surface area contributed by atoms with Gasteiger partial charge in [-0.1, -0.05) is 103 Å². The summed E-state index contributed by atoms with van der Waals surface area (Å²) in [4.78, 5) is 2.48. The molecular weight excluding hydrogens is 520 g/mol. The van der Waals surface area contributed by atoms with Crippen molar-refractivity contribution in [1.82, 2.24) is 4.57 Å². The lowest BCUT2D eigenvalue weighted by Gasteiger charge is -2.27. The Morgan fingerprint density at radius 1 is 0.465 bits per heavy atom. The molecule has 0 radical (unpaired) electrons. The van der Waals surface area contributed by atoms with Gasteiger partial charge in [0.1, 0.15) is 0 Å². The SMILES string of the molecule is Cc1ccc(N(Cc2c3ccccc3c(C)c3ccccc23)c2ccc3c(c2)c2ccccc2n3-c2ccccc2)cc1. The van der Waals surface area contributed by atoms with Crippen molar-refractivity contribution in [3.8, 4) is 5.69 Å². The molecule has 1 heterocycles. The Bertz CT molecular complexity index is 2220. The minimum Gasteiger partial charge on any atom is -0.337 e. The van der Waals surface area contributed by atoms with Gasteiger partial charge in [-0.15, -0.1) is 0 Å². The van der Waals surface area contributed by atoms with Crippen LogP contribution in [0.25, 0.3) is 49.0 Å². The first kappa shape index (κ1) is 25.4. The van der Waals surface area contributed by atoms with Gasteiger partial charge >= 0.3 is 0 Å². The number of para-hydroxylation sites is 2. The highest BCUT2D eigenvalue weighted by atomic mass is 15.1. The highest BCUT2D eigenvalue weighted by Crippen LogP contribution is 2.39. The zero-order chi connectivity index (χ0) is 28.9. The lowest BCUT2D eigenvalue weighted by Crippen LogP contribution is -2.17. The van der Waals surface area contributed by atoms with Gasteiger partial charge in [0.25, 0.3) is 0 Å². The van der Waals surface area contributed by atoms with Gasteiger partial charge in [-0.2, -0.15) is 0 Å². The number of anilines is 2. The largest absolute Gasteiger partial charge is 0.337 e. The van der Waals surface area contributed by atoms with Crippen LogP contribution in [-0.4, -0.2) is 4.57 Å². The lowest BCUT2D eigenvalue weighted by atomic mass is 9.92. The molecule has 0 saturated carbocycles. The molecule has 0 aliphatic carbocycles. The normalized spacial score (nSPS) is 11.6. The Hall–Kier alpha value is -5.34. The van der Waals surface area contributed by atoms with Crippen LogP contribution in [0.5, 0.6) is 0 Å². The summed E-state index contributed by atoms with van der Waals surface area (Å²) in [5.74, 6) is 0. The van der Waals surface area contributed by atoms with Crippen molar-refractivity contribution in [2.24, 2.45) is 0 Å². The van der Waals surface area contributed by atoms with E-state index in [2.05, 4.69) is 169 Å². The summed E-state index contributed by atoms with van der Waals surface area (Å²) in [5.41, 5.74) is 9.93. The number of benzene rings is 7. The van der Waals surface area contributed by atoms with Crippen LogP contribution >= 0.6 is 0 Å². The highest BCUT2D eigenvalue weighted by Gasteiger charge is 2.19. The molecule has 0 unspecified atom stereocenters. The smallest absolute Gasteiger partial charge is 0.0542 e. The molecule has 0 amide bonds. The second-order valence-electron chi connectivity index (χ2n) is 11.5. The van der Waals surface area contributed by atoms with Gasteiger partial charge in [-0.3, -0.25) is 0 Å². The maximum atomic E-state index is 2.48. The molecule has 0 fully saturated rings. The van der Waals surface area contributed by atoms with Crippen LogP contribution in [0.1, 0.15) is 16.7 Å². The van der Waals surface area contributed by atoms with Crippen LogP contribution in [-0.2, 0) is 6.54 Å². The van der Waals surface area contributed by atoms with E-state index in [9.17, 15) is 0 Å². The molecule has 7 aromatic carbocycles. The van der Waals surface area contributed by atoms with Crippen LogP contribution in [0.2, 0.25) is 0 Å². The van der Waals surface area contributed by atoms with Crippen LogP contribution in [0.15, 0.2) is 146 Å². The van der Waals surface area contributed by atoms with E-state index in [0.717, 1.165) is 6.54 Å². The predicted octanol–water partition coefficient (Wildman–Crippen LogP) is 11.0. The molecule has 2 nitrogen and oxygen atoms in total. The molecule has 8 rings (SSSR count). The second kappa shape index (κ2) is 10.2. The molecule has 0 spiro atoms. The molecule has 0 saturated heterocycles. The van der Waals surface area contributed by atoms with Crippen LogP contribution in [0, 0.1) is 13.8 Å². The minimum atomic E-state index is 0.757. The lowest BCUT2D eigenvalue weighted by molar-refractivity contribution is 0.993. The van der Waals surface area contributed by atoms with E-state index in [1.54, 1.807) is 0 Å². The number of aromatic nitrogens is 1. The topological polar surface area (TPSA) is 8.17 Å². The van der Waals surface area contributed by atoms with Crippen LogP contribution in [0.4, 0.5) is 11.4 Å². The molecule has 0 atom stereocenters. The van der Waals surface area contributed by atoms with Crippen molar-refractivity contribution in [3.63, 3.8) is 0 Å². The molecule has 206 valence electrons. The first-order valence-corrected chi connectivity index (χ1v) is 15.0. The van der Waals surface area contributed by atoms with E-state index in [4.69, 9.17) is 0 Å². The van der Waals surface area contributed by atoms with Crippen LogP contribution < -0.4 is 4.90 Å². The van der Waals surface area contributed by atoms with Gasteiger partial charge in [-0.05, 0) is 95.1 Å². The molecule has 8 aromatic rings. The first-order valence-electron chi connectivity index (χ1n) is 15.0. The van der Waals surface area contributed by atoms with Gasteiger partial charge in [0.15, 0.2) is 0 Å². The Balaban J connectivity index is 1.37.